The maximum Gasteiger partial charge on any atom is 0.264 e. The van der Waals surface area contributed by atoms with Crippen molar-refractivity contribution in [1.82, 2.24) is 5.32 Å². The first kappa shape index (κ1) is 22.2. The molecule has 0 spiro atoms. The van der Waals surface area contributed by atoms with Crippen molar-refractivity contribution < 1.29 is 13.2 Å². The van der Waals surface area contributed by atoms with Crippen molar-refractivity contribution in [1.29, 1.82) is 0 Å². The molecule has 1 fully saturated rings. The molecule has 0 radical (unpaired) electrons. The van der Waals surface area contributed by atoms with E-state index in [0.29, 0.717) is 17.5 Å². The molecule has 0 atom stereocenters. The Kier molecular flexibility index (Phi) is 8.03. The number of hydrogen-bond donors (Lipinski definition) is 1. The van der Waals surface area contributed by atoms with Gasteiger partial charge < -0.3 is 5.32 Å². The van der Waals surface area contributed by atoms with Gasteiger partial charge in [0.25, 0.3) is 10.0 Å². The topological polar surface area (TPSA) is 66.5 Å². The molecule has 1 saturated carbocycles. The number of rotatable bonds is 9. The number of thioether (sulfide) groups is 1. The highest BCUT2D eigenvalue weighted by atomic mass is 79.9. The van der Waals surface area contributed by atoms with Crippen LogP contribution in [-0.2, 0) is 14.8 Å². The van der Waals surface area contributed by atoms with Gasteiger partial charge in [-0.15, -0.1) is 0 Å². The molecule has 0 unspecified atom stereocenters. The van der Waals surface area contributed by atoms with Gasteiger partial charge >= 0.3 is 0 Å². The summed E-state index contributed by atoms with van der Waals surface area (Å²) in [4.78, 5) is 12.7. The van der Waals surface area contributed by atoms with E-state index in [-0.39, 0.29) is 17.3 Å². The number of carbonyl (C=O) groups is 1. The Morgan fingerprint density at radius 3 is 2.52 bits per heavy atom. The number of anilines is 1. The number of benzene rings is 2. The first-order valence-corrected chi connectivity index (χ1v) is 13.0. The quantitative estimate of drug-likeness (QED) is 0.521. The average molecular weight is 497 g/mol. The molecule has 1 amide bonds. The fourth-order valence-electron chi connectivity index (χ4n) is 3.32. The number of nitrogens with zero attached hydrogens (tertiary/aromatic N) is 1. The maximum absolute atomic E-state index is 13.2. The van der Waals surface area contributed by atoms with Gasteiger partial charge in [0.2, 0.25) is 5.91 Å². The molecule has 0 aliphatic heterocycles. The molecule has 156 valence electrons. The molecular weight excluding hydrogens is 472 g/mol. The monoisotopic (exact) mass is 496 g/mol. The summed E-state index contributed by atoms with van der Waals surface area (Å²) < 4.78 is 28.3. The summed E-state index contributed by atoms with van der Waals surface area (Å²) in [5.74, 6) is 0.537. The SMILES string of the molecule is O=C(CN(c1cccc(Br)c1)S(=O)(=O)c1ccccc1)NCCSC1CCCC1. The minimum atomic E-state index is -3.86. The number of sulfonamides is 1. The third-order valence-corrected chi connectivity index (χ3v) is 8.46. The van der Waals surface area contributed by atoms with Gasteiger partial charge in [0.05, 0.1) is 10.6 Å². The van der Waals surface area contributed by atoms with Crippen LogP contribution in [0.4, 0.5) is 5.69 Å². The Balaban J connectivity index is 1.69. The maximum atomic E-state index is 13.2. The number of nitrogens with one attached hydrogen (secondary N) is 1. The Labute approximate surface area is 185 Å². The van der Waals surface area contributed by atoms with E-state index in [0.717, 1.165) is 14.5 Å². The predicted octanol–water partition coefficient (Wildman–Crippen LogP) is 4.44. The van der Waals surface area contributed by atoms with Gasteiger partial charge in [-0.25, -0.2) is 8.42 Å². The van der Waals surface area contributed by atoms with E-state index in [4.69, 9.17) is 0 Å². The summed E-state index contributed by atoms with van der Waals surface area (Å²) >= 11 is 5.27. The average Bonchev–Trinajstić information content (AvgIpc) is 3.23. The van der Waals surface area contributed by atoms with Crippen LogP contribution in [0.5, 0.6) is 0 Å². The van der Waals surface area contributed by atoms with Gasteiger partial charge in [-0.1, -0.05) is 53.0 Å². The fourth-order valence-corrected chi connectivity index (χ4v) is 6.36. The third-order valence-electron chi connectivity index (χ3n) is 4.79. The lowest BCUT2D eigenvalue weighted by Crippen LogP contribution is -2.41. The van der Waals surface area contributed by atoms with E-state index in [1.807, 2.05) is 17.8 Å². The Hall–Kier alpha value is -1.51. The van der Waals surface area contributed by atoms with E-state index in [9.17, 15) is 13.2 Å². The zero-order chi connectivity index (χ0) is 20.7. The molecule has 2 aromatic carbocycles. The highest BCUT2D eigenvalue weighted by Crippen LogP contribution is 2.29. The lowest BCUT2D eigenvalue weighted by Gasteiger charge is -2.24. The van der Waals surface area contributed by atoms with Gasteiger partial charge in [-0.2, -0.15) is 11.8 Å². The van der Waals surface area contributed by atoms with Gasteiger partial charge in [-0.05, 0) is 43.2 Å². The van der Waals surface area contributed by atoms with Crippen molar-refractivity contribution in [3.05, 3.63) is 59.1 Å². The second-order valence-electron chi connectivity index (χ2n) is 6.93. The van der Waals surface area contributed by atoms with Crippen LogP contribution in [-0.4, -0.2) is 38.4 Å². The lowest BCUT2D eigenvalue weighted by atomic mass is 10.3. The minimum absolute atomic E-state index is 0.157. The van der Waals surface area contributed by atoms with Crippen molar-refractivity contribution in [2.75, 3.05) is 23.1 Å². The molecule has 1 aliphatic rings. The molecule has 0 aromatic heterocycles. The predicted molar refractivity (Wildman–Crippen MR) is 123 cm³/mol. The van der Waals surface area contributed by atoms with Gasteiger partial charge in [0, 0.05) is 22.0 Å². The smallest absolute Gasteiger partial charge is 0.264 e. The Morgan fingerprint density at radius 1 is 1.10 bits per heavy atom. The molecule has 2 aromatic rings. The van der Waals surface area contributed by atoms with Crippen molar-refractivity contribution in [3.63, 3.8) is 0 Å². The van der Waals surface area contributed by atoms with Gasteiger partial charge in [-0.3, -0.25) is 9.10 Å². The van der Waals surface area contributed by atoms with Crippen LogP contribution in [0.25, 0.3) is 0 Å². The summed E-state index contributed by atoms with van der Waals surface area (Å²) in [6, 6.07) is 15.1. The second kappa shape index (κ2) is 10.5. The van der Waals surface area contributed by atoms with E-state index >= 15 is 0 Å². The molecule has 3 rings (SSSR count). The molecule has 0 saturated heterocycles. The molecule has 5 nitrogen and oxygen atoms in total. The van der Waals surface area contributed by atoms with Gasteiger partial charge in [0.15, 0.2) is 0 Å². The van der Waals surface area contributed by atoms with Crippen LogP contribution in [0, 0.1) is 0 Å². The summed E-state index contributed by atoms with van der Waals surface area (Å²) in [6.07, 6.45) is 5.10. The van der Waals surface area contributed by atoms with Crippen LogP contribution < -0.4 is 9.62 Å². The summed E-state index contributed by atoms with van der Waals surface area (Å²) in [5.41, 5.74) is 0.443. The third kappa shape index (κ3) is 6.23. The molecule has 0 bridgehead atoms. The van der Waals surface area contributed by atoms with E-state index in [1.54, 1.807) is 36.4 Å². The molecule has 8 heteroatoms. The zero-order valence-electron chi connectivity index (χ0n) is 16.1. The van der Waals surface area contributed by atoms with Crippen molar-refractivity contribution in [2.24, 2.45) is 0 Å². The zero-order valence-corrected chi connectivity index (χ0v) is 19.3. The molecule has 29 heavy (non-hydrogen) atoms. The van der Waals surface area contributed by atoms with E-state index in [2.05, 4.69) is 21.2 Å². The van der Waals surface area contributed by atoms with Crippen LogP contribution in [0.15, 0.2) is 64.0 Å². The minimum Gasteiger partial charge on any atom is -0.354 e. The lowest BCUT2D eigenvalue weighted by molar-refractivity contribution is -0.119. The van der Waals surface area contributed by atoms with Crippen molar-refractivity contribution in [2.45, 2.75) is 35.8 Å². The molecular formula is C21H25BrN2O3S2. The first-order valence-electron chi connectivity index (χ1n) is 9.68. The highest BCUT2D eigenvalue weighted by molar-refractivity contribution is 9.10. The number of carbonyl (C=O) groups excluding carboxylic acids is 1. The van der Waals surface area contributed by atoms with Crippen molar-refractivity contribution >= 4 is 49.3 Å². The molecule has 1 N–H and O–H groups in total. The van der Waals surface area contributed by atoms with E-state index in [1.165, 1.54) is 37.8 Å². The van der Waals surface area contributed by atoms with Crippen LogP contribution in [0.3, 0.4) is 0 Å². The standard InChI is InChI=1S/C21H25BrN2O3S2/c22-17-7-6-8-18(15-17)24(29(26,27)20-11-2-1-3-12-20)16-21(25)23-13-14-28-19-9-4-5-10-19/h1-3,6-8,11-12,15,19H,4-5,9-10,13-14,16H2,(H,23,25). The molecule has 0 heterocycles. The Bertz CT molecular complexity index is 917. The number of halogens is 1. The van der Waals surface area contributed by atoms with Crippen LogP contribution in [0.1, 0.15) is 25.7 Å². The first-order chi connectivity index (χ1) is 14.0. The molecule has 1 aliphatic carbocycles. The fraction of sp³-hybridized carbons (Fsp3) is 0.381. The number of hydrogen-bond acceptors (Lipinski definition) is 4. The summed E-state index contributed by atoms with van der Waals surface area (Å²) in [6.45, 7) is 0.277. The van der Waals surface area contributed by atoms with E-state index < -0.39 is 10.0 Å². The normalized spacial score (nSPS) is 14.7. The van der Waals surface area contributed by atoms with Crippen molar-refractivity contribution in [3.8, 4) is 0 Å². The summed E-state index contributed by atoms with van der Waals surface area (Å²) in [7, 11) is -3.86. The number of amides is 1. The van der Waals surface area contributed by atoms with Crippen LogP contribution >= 0.6 is 27.7 Å². The summed E-state index contributed by atoms with van der Waals surface area (Å²) in [5, 5.41) is 3.57. The van der Waals surface area contributed by atoms with Gasteiger partial charge in [0.1, 0.15) is 6.54 Å². The largest absolute Gasteiger partial charge is 0.354 e. The Morgan fingerprint density at radius 2 is 1.83 bits per heavy atom. The van der Waals surface area contributed by atoms with Crippen LogP contribution in [0.2, 0.25) is 0 Å². The highest BCUT2D eigenvalue weighted by Gasteiger charge is 2.27. The second-order valence-corrected chi connectivity index (χ2v) is 11.1.